The van der Waals surface area contributed by atoms with Crippen molar-refractivity contribution in [1.29, 1.82) is 0 Å². The second-order valence-corrected chi connectivity index (χ2v) is 10.7. The molecule has 0 saturated carbocycles. The van der Waals surface area contributed by atoms with Crippen LogP contribution in [-0.4, -0.2) is 31.6 Å². The minimum atomic E-state index is -3.26. The van der Waals surface area contributed by atoms with Crippen LogP contribution in [0.2, 0.25) is 0 Å². The maximum Gasteiger partial charge on any atom is 0.251 e. The van der Waals surface area contributed by atoms with E-state index in [0.717, 1.165) is 20.5 Å². The maximum absolute atomic E-state index is 12.5. The number of carbonyl (C=O) groups is 1. The molecule has 0 spiro atoms. The number of aromatic nitrogens is 1. The Morgan fingerprint density at radius 1 is 1.29 bits per heavy atom. The van der Waals surface area contributed by atoms with Gasteiger partial charge in [-0.25, -0.2) is 13.4 Å². The molecule has 3 aromatic rings. The number of thiophene rings is 1. The third-order valence-corrected chi connectivity index (χ3v) is 8.20. The van der Waals surface area contributed by atoms with Crippen molar-refractivity contribution in [3.63, 3.8) is 0 Å². The van der Waals surface area contributed by atoms with Gasteiger partial charge in [0.1, 0.15) is 0 Å². The van der Waals surface area contributed by atoms with Crippen molar-refractivity contribution >= 4 is 44.3 Å². The molecule has 0 bridgehead atoms. The number of carbonyl (C=O) groups excluding carboxylic acids is 1. The van der Waals surface area contributed by atoms with Gasteiger partial charge >= 0.3 is 0 Å². The van der Waals surface area contributed by atoms with Crippen molar-refractivity contribution in [3.8, 4) is 10.6 Å². The molecule has 0 radical (unpaired) electrons. The van der Waals surface area contributed by atoms with E-state index in [1.165, 1.54) is 4.31 Å². The first-order valence-electron chi connectivity index (χ1n) is 8.82. The smallest absolute Gasteiger partial charge is 0.251 e. The summed E-state index contributed by atoms with van der Waals surface area (Å²) in [6.07, 6.45) is 0.609. The lowest BCUT2D eigenvalue weighted by Crippen LogP contribution is -2.26. The number of nitrogens with one attached hydrogen (secondary N) is 1. The molecule has 1 N–H and O–H groups in total. The zero-order valence-corrected chi connectivity index (χ0v) is 17.7. The minimum Gasteiger partial charge on any atom is -0.347 e. The van der Waals surface area contributed by atoms with Crippen molar-refractivity contribution < 1.29 is 13.2 Å². The van der Waals surface area contributed by atoms with Gasteiger partial charge in [0.2, 0.25) is 10.0 Å². The number of rotatable bonds is 5. The van der Waals surface area contributed by atoms with Crippen LogP contribution in [0.4, 0.5) is 5.69 Å². The Labute approximate surface area is 171 Å². The van der Waals surface area contributed by atoms with E-state index < -0.39 is 10.0 Å². The molecule has 9 heteroatoms. The summed E-state index contributed by atoms with van der Waals surface area (Å²) in [4.78, 5) is 19.1. The van der Waals surface area contributed by atoms with Gasteiger partial charge in [-0.05, 0) is 43.7 Å². The zero-order chi connectivity index (χ0) is 19.7. The molecule has 6 nitrogen and oxygen atoms in total. The summed E-state index contributed by atoms with van der Waals surface area (Å²) in [5.41, 5.74) is 1.96. The van der Waals surface area contributed by atoms with E-state index in [1.807, 2.05) is 24.4 Å². The Balaban J connectivity index is 1.43. The van der Waals surface area contributed by atoms with Gasteiger partial charge in [-0.2, -0.15) is 0 Å². The topological polar surface area (TPSA) is 79.4 Å². The molecule has 146 valence electrons. The number of anilines is 1. The van der Waals surface area contributed by atoms with Crippen LogP contribution < -0.4 is 9.62 Å². The Morgan fingerprint density at radius 3 is 2.86 bits per heavy atom. The fourth-order valence-electron chi connectivity index (χ4n) is 3.09. The zero-order valence-electron chi connectivity index (χ0n) is 15.2. The largest absolute Gasteiger partial charge is 0.347 e. The second-order valence-electron chi connectivity index (χ2n) is 6.49. The Bertz CT molecular complexity index is 1120. The highest BCUT2D eigenvalue weighted by molar-refractivity contribution is 7.93. The van der Waals surface area contributed by atoms with Crippen molar-refractivity contribution in [2.75, 3.05) is 16.6 Å². The standard InChI is InChI=1S/C19H19N3O3S3/c1-13-21-17(12-26-13)18-7-6-16(27-18)11-20-19(23)14-4-2-5-15(10-14)22-8-3-9-28(22,24)25/h2,4-7,10,12H,3,8-9,11H2,1H3,(H,20,23). The molecular formula is C19H19N3O3S3. The lowest BCUT2D eigenvalue weighted by molar-refractivity contribution is 0.0951. The fourth-order valence-corrected chi connectivity index (χ4v) is 6.24. The average Bonchev–Trinajstić information content (AvgIpc) is 3.39. The van der Waals surface area contributed by atoms with Gasteiger partial charge in [0.05, 0.1) is 33.6 Å². The van der Waals surface area contributed by atoms with Gasteiger partial charge in [-0.15, -0.1) is 22.7 Å². The molecule has 0 aliphatic carbocycles. The van der Waals surface area contributed by atoms with Crippen LogP contribution in [-0.2, 0) is 16.6 Å². The van der Waals surface area contributed by atoms with Crippen LogP contribution in [0.5, 0.6) is 0 Å². The molecule has 1 fully saturated rings. The Morgan fingerprint density at radius 2 is 2.14 bits per heavy atom. The summed E-state index contributed by atoms with van der Waals surface area (Å²) < 4.78 is 25.6. The first-order chi connectivity index (χ1) is 13.4. The van der Waals surface area contributed by atoms with Gasteiger partial charge in [-0.3, -0.25) is 9.10 Å². The van der Waals surface area contributed by atoms with E-state index in [-0.39, 0.29) is 11.7 Å². The molecule has 1 aliphatic heterocycles. The van der Waals surface area contributed by atoms with Gasteiger partial charge in [-0.1, -0.05) is 6.07 Å². The molecule has 1 amide bonds. The number of amides is 1. The normalized spacial score (nSPS) is 15.7. The molecule has 4 rings (SSSR count). The first kappa shape index (κ1) is 19.1. The number of thiazole rings is 1. The average molecular weight is 434 g/mol. The van der Waals surface area contributed by atoms with Crippen LogP contribution in [0, 0.1) is 6.92 Å². The molecule has 28 heavy (non-hydrogen) atoms. The predicted octanol–water partition coefficient (Wildman–Crippen LogP) is 3.65. The highest BCUT2D eigenvalue weighted by atomic mass is 32.2. The maximum atomic E-state index is 12.5. The summed E-state index contributed by atoms with van der Waals surface area (Å²) in [5, 5.41) is 5.96. The third-order valence-electron chi connectivity index (χ3n) is 4.45. The SMILES string of the molecule is Cc1nc(-c2ccc(CNC(=O)c3cccc(N4CCCS4(=O)=O)c3)s2)cs1. The monoisotopic (exact) mass is 433 g/mol. The van der Waals surface area contributed by atoms with Crippen LogP contribution in [0.15, 0.2) is 41.8 Å². The van der Waals surface area contributed by atoms with Crippen molar-refractivity contribution in [1.82, 2.24) is 10.3 Å². The van der Waals surface area contributed by atoms with Gasteiger partial charge in [0.15, 0.2) is 0 Å². The summed E-state index contributed by atoms with van der Waals surface area (Å²) in [7, 11) is -3.26. The van der Waals surface area contributed by atoms with Gasteiger partial charge in [0, 0.05) is 22.4 Å². The number of aryl methyl sites for hydroxylation is 1. The third kappa shape index (κ3) is 3.96. The van der Waals surface area contributed by atoms with Crippen LogP contribution in [0.3, 0.4) is 0 Å². The molecule has 2 aromatic heterocycles. The molecule has 3 heterocycles. The van der Waals surface area contributed by atoms with E-state index in [4.69, 9.17) is 0 Å². The van der Waals surface area contributed by atoms with E-state index in [9.17, 15) is 13.2 Å². The highest BCUT2D eigenvalue weighted by Crippen LogP contribution is 2.29. The van der Waals surface area contributed by atoms with E-state index in [2.05, 4.69) is 10.3 Å². The number of hydrogen-bond donors (Lipinski definition) is 1. The quantitative estimate of drug-likeness (QED) is 0.666. The van der Waals surface area contributed by atoms with Crippen LogP contribution in [0.1, 0.15) is 26.7 Å². The first-order valence-corrected chi connectivity index (χ1v) is 12.1. The number of nitrogens with zero attached hydrogens (tertiary/aromatic N) is 2. The molecule has 0 unspecified atom stereocenters. The number of benzene rings is 1. The summed E-state index contributed by atoms with van der Waals surface area (Å²) in [5.74, 6) is -0.0688. The van der Waals surface area contributed by atoms with Gasteiger partial charge < -0.3 is 5.32 Å². The van der Waals surface area contributed by atoms with Gasteiger partial charge in [0.25, 0.3) is 5.91 Å². The molecular weight excluding hydrogens is 414 g/mol. The summed E-state index contributed by atoms with van der Waals surface area (Å²) >= 11 is 3.22. The fraction of sp³-hybridized carbons (Fsp3) is 0.263. The van der Waals surface area contributed by atoms with Crippen LogP contribution in [0.25, 0.3) is 10.6 Å². The second kappa shape index (κ2) is 7.65. The lowest BCUT2D eigenvalue weighted by Gasteiger charge is -2.17. The molecule has 1 saturated heterocycles. The molecule has 1 aliphatic rings. The Kier molecular flexibility index (Phi) is 5.22. The minimum absolute atomic E-state index is 0.155. The van der Waals surface area contributed by atoms with Crippen LogP contribution >= 0.6 is 22.7 Å². The Hall–Kier alpha value is -2.23. The predicted molar refractivity (Wildman–Crippen MR) is 114 cm³/mol. The molecule has 0 atom stereocenters. The summed E-state index contributed by atoms with van der Waals surface area (Å²) in [6.45, 7) is 2.85. The van der Waals surface area contributed by atoms with E-state index in [1.54, 1.807) is 46.9 Å². The van der Waals surface area contributed by atoms with E-state index >= 15 is 0 Å². The van der Waals surface area contributed by atoms with Crippen molar-refractivity contribution in [2.24, 2.45) is 0 Å². The number of sulfonamides is 1. The van der Waals surface area contributed by atoms with Crippen molar-refractivity contribution in [3.05, 3.63) is 57.2 Å². The van der Waals surface area contributed by atoms with Crippen molar-refractivity contribution in [2.45, 2.75) is 19.9 Å². The molecule has 1 aromatic carbocycles. The summed E-state index contributed by atoms with van der Waals surface area (Å²) in [6, 6.07) is 10.8. The van der Waals surface area contributed by atoms with E-state index in [0.29, 0.717) is 30.8 Å². The highest BCUT2D eigenvalue weighted by Gasteiger charge is 2.28. The number of hydrogen-bond acceptors (Lipinski definition) is 6. The lowest BCUT2D eigenvalue weighted by atomic mass is 10.2.